The number of rotatable bonds is 6. The lowest BCUT2D eigenvalue weighted by Gasteiger charge is -2.04. The van der Waals surface area contributed by atoms with Gasteiger partial charge in [-0.25, -0.2) is 0 Å². The van der Waals surface area contributed by atoms with Crippen molar-refractivity contribution in [3.05, 3.63) is 82.0 Å². The smallest absolute Gasteiger partial charge is 0.258 e. The summed E-state index contributed by atoms with van der Waals surface area (Å²) >= 11 is 4.56. The molecule has 0 aliphatic rings. The first-order valence-corrected chi connectivity index (χ1v) is 8.85. The fraction of sp³-hybridized carbons (Fsp3) is 0.111. The Morgan fingerprint density at radius 2 is 1.71 bits per heavy atom. The second-order valence-corrected chi connectivity index (χ2v) is 6.52. The predicted molar refractivity (Wildman–Crippen MR) is 104 cm³/mol. The zero-order valence-corrected chi connectivity index (χ0v) is 15.5. The molecule has 0 aliphatic carbocycles. The average molecular weight is 393 g/mol. The molecule has 0 spiro atoms. The molecule has 4 rings (SSSR count). The van der Waals surface area contributed by atoms with Crippen molar-refractivity contribution < 1.29 is 4.92 Å². The lowest BCUT2D eigenvalue weighted by atomic mass is 10.2. The molecule has 0 amide bonds. The van der Waals surface area contributed by atoms with Crippen LogP contribution in [0.25, 0.3) is 11.4 Å². The first kappa shape index (κ1) is 17.9. The van der Waals surface area contributed by atoms with Gasteiger partial charge in [0.25, 0.3) is 5.69 Å². The molecule has 0 radical (unpaired) electrons. The Morgan fingerprint density at radius 1 is 1.00 bits per heavy atom. The topological polar surface area (TPSA) is 105 Å². The Hall–Kier alpha value is -3.53. The number of benzene rings is 2. The van der Waals surface area contributed by atoms with Crippen LogP contribution in [0.1, 0.15) is 11.1 Å². The largest absolute Gasteiger partial charge is 0.269 e. The van der Waals surface area contributed by atoms with Crippen molar-refractivity contribution in [3.8, 4) is 11.4 Å². The molecule has 0 saturated heterocycles. The van der Waals surface area contributed by atoms with Gasteiger partial charge in [0.05, 0.1) is 29.8 Å². The van der Waals surface area contributed by atoms with Crippen LogP contribution in [-0.2, 0) is 13.1 Å². The maximum Gasteiger partial charge on any atom is 0.269 e. The number of thiol groups is 1. The summed E-state index contributed by atoms with van der Waals surface area (Å²) in [6, 6.07) is 16.2. The molecular formula is C18H15N7O2S. The van der Waals surface area contributed by atoms with E-state index in [4.69, 9.17) is 0 Å². The number of nitrogens with zero attached hydrogens (tertiary/aromatic N) is 7. The summed E-state index contributed by atoms with van der Waals surface area (Å²) < 4.78 is 1.77. The van der Waals surface area contributed by atoms with Gasteiger partial charge in [0.2, 0.25) is 5.82 Å². The van der Waals surface area contributed by atoms with Crippen LogP contribution < -0.4 is 0 Å². The monoisotopic (exact) mass is 393 g/mol. The summed E-state index contributed by atoms with van der Waals surface area (Å²) in [6.07, 6.45) is 1.67. The van der Waals surface area contributed by atoms with Crippen LogP contribution in [0.2, 0.25) is 0 Å². The van der Waals surface area contributed by atoms with Crippen molar-refractivity contribution in [2.45, 2.75) is 18.1 Å². The van der Waals surface area contributed by atoms with Crippen molar-refractivity contribution in [2.24, 2.45) is 0 Å². The van der Waals surface area contributed by atoms with Gasteiger partial charge < -0.3 is 0 Å². The highest BCUT2D eigenvalue weighted by molar-refractivity contribution is 7.80. The van der Waals surface area contributed by atoms with E-state index < -0.39 is 4.92 Å². The zero-order valence-electron chi connectivity index (χ0n) is 14.6. The van der Waals surface area contributed by atoms with Crippen LogP contribution in [0.15, 0.2) is 65.8 Å². The van der Waals surface area contributed by atoms with Crippen molar-refractivity contribution in [3.63, 3.8) is 0 Å². The Morgan fingerprint density at radius 3 is 2.43 bits per heavy atom. The van der Waals surface area contributed by atoms with Gasteiger partial charge in [-0.1, -0.05) is 42.5 Å². The third-order valence-electron chi connectivity index (χ3n) is 4.15. The number of nitro benzene ring substituents is 1. The normalized spacial score (nSPS) is 10.9. The van der Waals surface area contributed by atoms with Gasteiger partial charge in [-0.15, -0.1) is 22.8 Å². The van der Waals surface area contributed by atoms with E-state index in [1.165, 1.54) is 16.9 Å². The standard InChI is InChI=1S/C18H15N7O2S/c26-25(27)15-8-6-14(7-9-15)12-24-21-17(20-22-24)16-10-19-23(18(16)28)11-13-4-2-1-3-5-13/h1-10,28H,11-12H2. The summed E-state index contributed by atoms with van der Waals surface area (Å²) in [5.74, 6) is 0.422. The van der Waals surface area contributed by atoms with Gasteiger partial charge in [-0.3, -0.25) is 14.8 Å². The molecule has 4 aromatic rings. The summed E-state index contributed by atoms with van der Waals surface area (Å²) in [6.45, 7) is 0.946. The summed E-state index contributed by atoms with van der Waals surface area (Å²) in [5.41, 5.74) is 2.68. The highest BCUT2D eigenvalue weighted by Gasteiger charge is 2.15. The summed E-state index contributed by atoms with van der Waals surface area (Å²) in [5, 5.41) is 28.3. The van der Waals surface area contributed by atoms with E-state index in [1.807, 2.05) is 30.3 Å². The van der Waals surface area contributed by atoms with Gasteiger partial charge in [0, 0.05) is 12.1 Å². The number of nitro groups is 1. The molecule has 0 bridgehead atoms. The van der Waals surface area contributed by atoms with E-state index in [1.54, 1.807) is 23.0 Å². The molecule has 0 atom stereocenters. The third kappa shape index (κ3) is 3.76. The van der Waals surface area contributed by atoms with E-state index in [0.29, 0.717) is 29.5 Å². The van der Waals surface area contributed by atoms with E-state index in [2.05, 4.69) is 33.1 Å². The molecule has 140 valence electrons. The minimum Gasteiger partial charge on any atom is -0.258 e. The number of hydrogen-bond donors (Lipinski definition) is 1. The zero-order chi connectivity index (χ0) is 19.5. The van der Waals surface area contributed by atoms with Crippen LogP contribution in [0.3, 0.4) is 0 Å². The van der Waals surface area contributed by atoms with Crippen LogP contribution in [-0.4, -0.2) is 34.9 Å². The molecule has 0 fully saturated rings. The highest BCUT2D eigenvalue weighted by atomic mass is 32.1. The van der Waals surface area contributed by atoms with Gasteiger partial charge in [0.15, 0.2) is 0 Å². The highest BCUT2D eigenvalue weighted by Crippen LogP contribution is 2.23. The van der Waals surface area contributed by atoms with Crippen molar-refractivity contribution in [1.29, 1.82) is 0 Å². The minimum atomic E-state index is -0.434. The lowest BCUT2D eigenvalue weighted by molar-refractivity contribution is -0.384. The van der Waals surface area contributed by atoms with Gasteiger partial charge in [-0.05, 0) is 16.3 Å². The quantitative estimate of drug-likeness (QED) is 0.307. The van der Waals surface area contributed by atoms with Crippen LogP contribution in [0.5, 0.6) is 0 Å². The Labute approximate surface area is 165 Å². The van der Waals surface area contributed by atoms with Crippen LogP contribution >= 0.6 is 12.6 Å². The summed E-state index contributed by atoms with van der Waals surface area (Å²) in [4.78, 5) is 11.7. The van der Waals surface area contributed by atoms with Crippen LogP contribution in [0, 0.1) is 10.1 Å². The van der Waals surface area contributed by atoms with E-state index in [9.17, 15) is 10.1 Å². The molecule has 28 heavy (non-hydrogen) atoms. The SMILES string of the molecule is O=[N+]([O-])c1ccc(Cn2nnc(-c3cnn(Cc4ccccc4)c3S)n2)cc1. The van der Waals surface area contributed by atoms with E-state index >= 15 is 0 Å². The molecule has 10 heteroatoms. The van der Waals surface area contributed by atoms with E-state index in [0.717, 1.165) is 11.1 Å². The Balaban J connectivity index is 1.50. The molecular weight excluding hydrogens is 378 g/mol. The number of tetrazole rings is 1. The Kier molecular flexibility index (Phi) is 4.85. The molecule has 2 aromatic heterocycles. The first-order valence-electron chi connectivity index (χ1n) is 8.40. The Bertz CT molecular complexity index is 1110. The predicted octanol–water partition coefficient (Wildman–Crippen LogP) is 2.83. The fourth-order valence-electron chi connectivity index (χ4n) is 2.71. The lowest BCUT2D eigenvalue weighted by Crippen LogP contribution is -2.04. The van der Waals surface area contributed by atoms with Crippen LogP contribution in [0.4, 0.5) is 5.69 Å². The summed E-state index contributed by atoms with van der Waals surface area (Å²) in [7, 11) is 0. The first-order chi connectivity index (χ1) is 13.6. The molecule has 9 nitrogen and oxygen atoms in total. The van der Waals surface area contributed by atoms with Gasteiger partial charge >= 0.3 is 0 Å². The fourth-order valence-corrected chi connectivity index (χ4v) is 2.99. The molecule has 0 saturated carbocycles. The average Bonchev–Trinajstić information content (AvgIpc) is 3.30. The third-order valence-corrected chi connectivity index (χ3v) is 4.62. The second-order valence-electron chi connectivity index (χ2n) is 6.09. The minimum absolute atomic E-state index is 0.0431. The number of hydrogen-bond acceptors (Lipinski definition) is 7. The number of aromatic nitrogens is 6. The molecule has 0 aliphatic heterocycles. The van der Waals surface area contributed by atoms with Gasteiger partial charge in [-0.2, -0.15) is 9.90 Å². The molecule has 2 aromatic carbocycles. The van der Waals surface area contributed by atoms with Crippen molar-refractivity contribution in [2.75, 3.05) is 0 Å². The second kappa shape index (κ2) is 7.61. The molecule has 2 heterocycles. The van der Waals surface area contributed by atoms with E-state index in [-0.39, 0.29) is 5.69 Å². The van der Waals surface area contributed by atoms with Gasteiger partial charge in [0.1, 0.15) is 5.03 Å². The molecule has 0 unspecified atom stereocenters. The van der Waals surface area contributed by atoms with Crippen molar-refractivity contribution in [1.82, 2.24) is 30.0 Å². The maximum atomic E-state index is 10.7. The molecule has 0 N–H and O–H groups in total. The van der Waals surface area contributed by atoms with Crippen molar-refractivity contribution >= 4 is 18.3 Å². The maximum absolute atomic E-state index is 10.7. The number of non-ortho nitro benzene ring substituents is 1.